The van der Waals surface area contributed by atoms with Crippen LogP contribution >= 0.6 is 34.4 Å². The molecule has 0 bridgehead atoms. The van der Waals surface area contributed by atoms with Crippen molar-refractivity contribution in [2.24, 2.45) is 0 Å². The summed E-state index contributed by atoms with van der Waals surface area (Å²) >= 11 is 3.11. The number of hydrogen-bond donors (Lipinski definition) is 0. The Morgan fingerprint density at radius 2 is 1.74 bits per heavy atom. The third kappa shape index (κ3) is 6.58. The Labute approximate surface area is 223 Å². The zero-order valence-electron chi connectivity index (χ0n) is 19.5. The van der Waals surface area contributed by atoms with Gasteiger partial charge in [0, 0.05) is 16.7 Å². The first-order valence-electron chi connectivity index (χ1n) is 11.5. The average molecular weight is 606 g/mol. The lowest BCUT2D eigenvalue weighted by atomic mass is 10.1. The first-order chi connectivity index (χ1) is 16.9. The van der Waals surface area contributed by atoms with Gasteiger partial charge in [-0.25, -0.2) is 0 Å². The minimum Gasteiger partial charge on any atom is -0.493 e. The molecule has 2 aromatic rings. The van der Waals surface area contributed by atoms with Gasteiger partial charge >= 0.3 is 0 Å². The summed E-state index contributed by atoms with van der Waals surface area (Å²) in [7, 11) is 1.55. The van der Waals surface area contributed by atoms with Gasteiger partial charge in [0.1, 0.15) is 13.2 Å². The van der Waals surface area contributed by atoms with Gasteiger partial charge in [-0.2, -0.15) is 0 Å². The van der Waals surface area contributed by atoms with Gasteiger partial charge < -0.3 is 14.4 Å². The molecule has 0 radical (unpaired) electrons. The summed E-state index contributed by atoms with van der Waals surface area (Å²) in [5.74, 6) is 0.493. The van der Waals surface area contributed by atoms with Crippen molar-refractivity contribution in [2.45, 2.75) is 32.3 Å². The normalized spacial score (nSPS) is 17.6. The van der Waals surface area contributed by atoms with Crippen molar-refractivity contribution < 1.29 is 23.9 Å². The van der Waals surface area contributed by atoms with Crippen molar-refractivity contribution in [1.82, 2.24) is 9.80 Å². The van der Waals surface area contributed by atoms with Gasteiger partial charge in [0.2, 0.25) is 5.91 Å². The highest BCUT2D eigenvalue weighted by Crippen LogP contribution is 2.35. The lowest BCUT2D eigenvalue weighted by Gasteiger charge is -2.22. The molecule has 2 aromatic carbocycles. The Morgan fingerprint density at radius 3 is 2.43 bits per heavy atom. The number of benzene rings is 2. The van der Waals surface area contributed by atoms with E-state index >= 15 is 0 Å². The SMILES string of the molecule is COc1cc(C=C2SC(=O)N(CC(=O)N3CCCCCC3)C2=O)ccc1OCc1ccc(I)cc1. The molecule has 2 aliphatic heterocycles. The van der Waals surface area contributed by atoms with E-state index in [9.17, 15) is 14.4 Å². The number of ether oxygens (including phenoxy) is 2. The largest absolute Gasteiger partial charge is 0.493 e. The highest BCUT2D eigenvalue weighted by atomic mass is 127. The van der Waals surface area contributed by atoms with Crippen molar-refractivity contribution >= 4 is 57.5 Å². The lowest BCUT2D eigenvalue weighted by molar-refractivity contribution is -0.135. The van der Waals surface area contributed by atoms with Crippen molar-refractivity contribution in [3.8, 4) is 11.5 Å². The number of thioether (sulfide) groups is 1. The third-order valence-corrected chi connectivity index (χ3v) is 7.55. The first kappa shape index (κ1) is 25.6. The molecule has 0 N–H and O–H groups in total. The molecule has 0 unspecified atom stereocenters. The monoisotopic (exact) mass is 606 g/mol. The van der Waals surface area contributed by atoms with Crippen LogP contribution in [0.1, 0.15) is 36.8 Å². The Balaban J connectivity index is 1.42. The minimum atomic E-state index is -0.443. The van der Waals surface area contributed by atoms with Crippen molar-refractivity contribution in [2.75, 3.05) is 26.7 Å². The molecule has 2 saturated heterocycles. The van der Waals surface area contributed by atoms with Crippen LogP contribution in [0.2, 0.25) is 0 Å². The van der Waals surface area contributed by atoms with E-state index in [4.69, 9.17) is 9.47 Å². The molecular weight excluding hydrogens is 579 g/mol. The molecule has 0 spiro atoms. The maximum absolute atomic E-state index is 12.9. The number of carbonyl (C=O) groups is 3. The van der Waals surface area contributed by atoms with Gasteiger partial charge in [0.25, 0.3) is 11.1 Å². The van der Waals surface area contributed by atoms with E-state index in [1.165, 1.54) is 0 Å². The maximum atomic E-state index is 12.9. The summed E-state index contributed by atoms with van der Waals surface area (Å²) in [6.45, 7) is 1.55. The second-order valence-electron chi connectivity index (χ2n) is 8.39. The van der Waals surface area contributed by atoms with E-state index in [1.54, 1.807) is 30.2 Å². The maximum Gasteiger partial charge on any atom is 0.294 e. The molecule has 0 saturated carbocycles. The molecule has 2 aliphatic rings. The van der Waals surface area contributed by atoms with Crippen molar-refractivity contribution in [3.05, 3.63) is 62.1 Å². The van der Waals surface area contributed by atoms with Crippen LogP contribution in [-0.2, 0) is 16.2 Å². The highest BCUT2D eigenvalue weighted by Gasteiger charge is 2.37. The first-order valence-corrected chi connectivity index (χ1v) is 13.4. The molecule has 9 heteroatoms. The summed E-state index contributed by atoms with van der Waals surface area (Å²) in [6, 6.07) is 13.4. The fourth-order valence-corrected chi connectivity index (χ4v) is 5.18. The quantitative estimate of drug-likeness (QED) is 0.314. The van der Waals surface area contributed by atoms with Crippen molar-refractivity contribution in [3.63, 3.8) is 0 Å². The average Bonchev–Trinajstić information content (AvgIpc) is 3.05. The smallest absolute Gasteiger partial charge is 0.294 e. The third-order valence-electron chi connectivity index (χ3n) is 5.92. The number of nitrogens with zero attached hydrogens (tertiary/aromatic N) is 2. The second-order valence-corrected chi connectivity index (χ2v) is 10.6. The van der Waals surface area contributed by atoms with Crippen LogP contribution in [-0.4, -0.2) is 53.6 Å². The fourth-order valence-electron chi connectivity index (χ4n) is 3.98. The Bertz CT molecular complexity index is 1130. The van der Waals surface area contributed by atoms with Gasteiger partial charge in [-0.05, 0) is 88.7 Å². The Hall–Kier alpha value is -2.53. The van der Waals surface area contributed by atoms with Crippen LogP contribution in [0.15, 0.2) is 47.4 Å². The molecule has 0 aliphatic carbocycles. The van der Waals surface area contributed by atoms with Gasteiger partial charge in [0.15, 0.2) is 11.5 Å². The van der Waals surface area contributed by atoms with Crippen LogP contribution < -0.4 is 9.47 Å². The van der Waals surface area contributed by atoms with Crippen LogP contribution in [0, 0.1) is 3.57 Å². The number of likely N-dealkylation sites (tertiary alicyclic amines) is 1. The van der Waals surface area contributed by atoms with Gasteiger partial charge in [0.05, 0.1) is 12.0 Å². The van der Waals surface area contributed by atoms with E-state index in [2.05, 4.69) is 22.6 Å². The number of hydrogen-bond acceptors (Lipinski definition) is 6. The molecule has 3 amide bonds. The van der Waals surface area contributed by atoms with Crippen molar-refractivity contribution in [1.29, 1.82) is 0 Å². The van der Waals surface area contributed by atoms with Gasteiger partial charge in [-0.15, -0.1) is 0 Å². The number of rotatable bonds is 7. The van der Waals surface area contributed by atoms with Crippen LogP contribution in [0.3, 0.4) is 0 Å². The predicted octanol–water partition coefficient (Wildman–Crippen LogP) is 5.32. The zero-order chi connectivity index (χ0) is 24.8. The van der Waals surface area contributed by atoms with E-state index in [-0.39, 0.29) is 17.4 Å². The molecule has 2 heterocycles. The molecule has 35 heavy (non-hydrogen) atoms. The number of halogens is 1. The molecule has 184 valence electrons. The van der Waals surface area contributed by atoms with E-state index in [0.717, 1.165) is 51.5 Å². The molecule has 7 nitrogen and oxygen atoms in total. The van der Waals surface area contributed by atoms with E-state index < -0.39 is 11.1 Å². The van der Waals surface area contributed by atoms with Gasteiger partial charge in [-0.1, -0.05) is 31.0 Å². The standard InChI is InChI=1S/C26H27IN2O5S/c1-33-22-14-19(8-11-21(22)34-17-18-6-9-20(27)10-7-18)15-23-25(31)29(26(32)35-23)16-24(30)28-12-4-2-3-5-13-28/h6-11,14-15H,2-5,12-13,16-17H2,1H3. The summed E-state index contributed by atoms with van der Waals surface area (Å²) in [5.41, 5.74) is 1.74. The van der Waals surface area contributed by atoms with Gasteiger partial charge in [-0.3, -0.25) is 19.3 Å². The molecule has 4 rings (SSSR count). The molecular formula is C26H27IN2O5S. The number of amides is 3. The van der Waals surface area contributed by atoms with Crippen LogP contribution in [0.25, 0.3) is 6.08 Å². The molecule has 2 fully saturated rings. The summed E-state index contributed by atoms with van der Waals surface area (Å²) in [4.78, 5) is 41.2. The van der Waals surface area contributed by atoms with E-state index in [1.807, 2.05) is 30.3 Å². The summed E-state index contributed by atoms with van der Waals surface area (Å²) < 4.78 is 12.6. The minimum absolute atomic E-state index is 0.174. The highest BCUT2D eigenvalue weighted by molar-refractivity contribution is 14.1. The van der Waals surface area contributed by atoms with Crippen LogP contribution in [0.4, 0.5) is 4.79 Å². The Morgan fingerprint density at radius 1 is 1.03 bits per heavy atom. The zero-order valence-corrected chi connectivity index (χ0v) is 22.5. The second kappa shape index (κ2) is 11.9. The number of imide groups is 1. The summed E-state index contributed by atoms with van der Waals surface area (Å²) in [5, 5.41) is -0.422. The van der Waals surface area contributed by atoms with E-state index in [0.29, 0.717) is 36.8 Å². The molecule has 0 atom stereocenters. The predicted molar refractivity (Wildman–Crippen MR) is 144 cm³/mol. The fraction of sp³-hybridized carbons (Fsp3) is 0.346. The van der Waals surface area contributed by atoms with Crippen LogP contribution in [0.5, 0.6) is 11.5 Å². The number of carbonyl (C=O) groups excluding carboxylic acids is 3. The Kier molecular flexibility index (Phi) is 8.72. The number of methoxy groups -OCH3 is 1. The molecule has 0 aromatic heterocycles. The topological polar surface area (TPSA) is 76.2 Å². The summed E-state index contributed by atoms with van der Waals surface area (Å²) in [6.07, 6.45) is 5.77. The lowest BCUT2D eigenvalue weighted by Crippen LogP contribution is -2.42.